The van der Waals surface area contributed by atoms with Crippen LogP contribution >= 0.6 is 0 Å². The second-order valence-electron chi connectivity index (χ2n) is 6.53. The third-order valence-electron chi connectivity index (χ3n) is 4.17. The summed E-state index contributed by atoms with van der Waals surface area (Å²) in [6.45, 7) is 4.72. The summed E-state index contributed by atoms with van der Waals surface area (Å²) in [6.07, 6.45) is 4.11. The van der Waals surface area contributed by atoms with Gasteiger partial charge in [0.05, 0.1) is 5.52 Å². The molecule has 0 radical (unpaired) electrons. The van der Waals surface area contributed by atoms with E-state index in [9.17, 15) is 0 Å². The molecule has 4 rings (SSSR count). The predicted molar refractivity (Wildman–Crippen MR) is 103 cm³/mol. The number of benzene rings is 1. The molecule has 4 aromatic rings. The van der Waals surface area contributed by atoms with E-state index in [0.29, 0.717) is 24.7 Å². The van der Waals surface area contributed by atoms with Crippen LogP contribution in [0.5, 0.6) is 0 Å². The van der Waals surface area contributed by atoms with Gasteiger partial charge in [-0.25, -0.2) is 9.97 Å². The first-order chi connectivity index (χ1) is 13.2. The van der Waals surface area contributed by atoms with Crippen LogP contribution in [-0.4, -0.2) is 31.6 Å². The van der Waals surface area contributed by atoms with Crippen LogP contribution in [0.2, 0.25) is 0 Å². The molecule has 0 unspecified atom stereocenters. The number of nitrogens with zero attached hydrogens (tertiary/aromatic N) is 5. The van der Waals surface area contributed by atoms with Gasteiger partial charge in [-0.05, 0) is 24.3 Å². The minimum absolute atomic E-state index is 0.254. The van der Waals surface area contributed by atoms with Crippen LogP contribution in [0.1, 0.15) is 31.5 Å². The topological polar surface area (TPSA) is 89.6 Å². The normalized spacial score (nSPS) is 11.2. The Hall–Kier alpha value is -3.35. The number of hydrogen-bond donors (Lipinski definition) is 1. The van der Waals surface area contributed by atoms with Gasteiger partial charge in [0.2, 0.25) is 5.89 Å². The summed E-state index contributed by atoms with van der Waals surface area (Å²) >= 11 is 0. The molecule has 0 fully saturated rings. The van der Waals surface area contributed by atoms with Crippen LogP contribution < -0.4 is 5.32 Å². The third kappa shape index (κ3) is 3.76. The lowest BCUT2D eigenvalue weighted by Crippen LogP contribution is -2.08. The standard InChI is InChI=1S/C20H20N6O/c1-13(2)18-24-17(27-26-18)9-12-22-20-15-5-3-4-6-16(15)23-19(25-20)14-7-10-21-11-8-14/h3-8,10-11,13H,9,12H2,1-2H3,(H,22,23,25). The quantitative estimate of drug-likeness (QED) is 0.558. The fraction of sp³-hybridized carbons (Fsp3) is 0.250. The van der Waals surface area contributed by atoms with Crippen molar-refractivity contribution in [3.63, 3.8) is 0 Å². The molecule has 7 nitrogen and oxygen atoms in total. The molecule has 0 aliphatic heterocycles. The van der Waals surface area contributed by atoms with Gasteiger partial charge in [0, 0.05) is 42.2 Å². The second-order valence-corrected chi connectivity index (χ2v) is 6.53. The highest BCUT2D eigenvalue weighted by atomic mass is 16.5. The summed E-state index contributed by atoms with van der Waals surface area (Å²) in [4.78, 5) is 17.9. The van der Waals surface area contributed by atoms with Crippen molar-refractivity contribution in [3.05, 3.63) is 60.5 Å². The lowest BCUT2D eigenvalue weighted by atomic mass is 10.2. The molecule has 0 saturated carbocycles. The van der Waals surface area contributed by atoms with Gasteiger partial charge in [-0.15, -0.1) is 0 Å². The van der Waals surface area contributed by atoms with Crippen LogP contribution in [0.15, 0.2) is 53.3 Å². The number of pyridine rings is 1. The molecule has 0 aliphatic rings. The lowest BCUT2D eigenvalue weighted by molar-refractivity contribution is 0.373. The summed E-state index contributed by atoms with van der Waals surface area (Å²) in [6, 6.07) is 11.8. The van der Waals surface area contributed by atoms with Crippen molar-refractivity contribution >= 4 is 16.7 Å². The Labute approximate surface area is 156 Å². The first-order valence-corrected chi connectivity index (χ1v) is 8.94. The number of anilines is 1. The summed E-state index contributed by atoms with van der Waals surface area (Å²) in [5, 5.41) is 8.37. The van der Waals surface area contributed by atoms with Crippen molar-refractivity contribution in [2.75, 3.05) is 11.9 Å². The smallest absolute Gasteiger partial charge is 0.228 e. The lowest BCUT2D eigenvalue weighted by Gasteiger charge is -2.10. The first-order valence-electron chi connectivity index (χ1n) is 8.94. The number of rotatable bonds is 6. The van der Waals surface area contributed by atoms with E-state index in [2.05, 4.69) is 25.4 Å². The molecule has 1 aromatic carbocycles. The largest absolute Gasteiger partial charge is 0.369 e. The molecular formula is C20H20N6O. The van der Waals surface area contributed by atoms with Crippen LogP contribution in [0.3, 0.4) is 0 Å². The van der Waals surface area contributed by atoms with Crippen molar-refractivity contribution in [1.82, 2.24) is 25.1 Å². The maximum atomic E-state index is 5.30. The predicted octanol–water partition coefficient (Wildman–Crippen LogP) is 3.85. The van der Waals surface area contributed by atoms with Gasteiger partial charge in [-0.1, -0.05) is 31.1 Å². The minimum atomic E-state index is 0.254. The van der Waals surface area contributed by atoms with E-state index in [4.69, 9.17) is 9.51 Å². The van der Waals surface area contributed by atoms with E-state index in [1.54, 1.807) is 12.4 Å². The molecular weight excluding hydrogens is 340 g/mol. The van der Waals surface area contributed by atoms with Gasteiger partial charge in [-0.2, -0.15) is 4.98 Å². The van der Waals surface area contributed by atoms with Gasteiger partial charge >= 0.3 is 0 Å². The molecule has 27 heavy (non-hydrogen) atoms. The Kier molecular flexibility index (Phi) is 4.74. The average molecular weight is 360 g/mol. The molecule has 0 atom stereocenters. The fourth-order valence-electron chi connectivity index (χ4n) is 2.73. The molecule has 7 heteroatoms. The third-order valence-corrected chi connectivity index (χ3v) is 4.17. The van der Waals surface area contributed by atoms with E-state index in [-0.39, 0.29) is 5.92 Å². The average Bonchev–Trinajstić information content (AvgIpc) is 3.18. The summed E-state index contributed by atoms with van der Waals surface area (Å²) in [5.74, 6) is 3.06. The highest BCUT2D eigenvalue weighted by molar-refractivity contribution is 5.90. The number of nitrogens with one attached hydrogen (secondary N) is 1. The van der Waals surface area contributed by atoms with Crippen molar-refractivity contribution in [3.8, 4) is 11.4 Å². The Morgan fingerprint density at radius 1 is 1.00 bits per heavy atom. The number of hydrogen-bond acceptors (Lipinski definition) is 7. The van der Waals surface area contributed by atoms with E-state index in [1.807, 2.05) is 50.2 Å². The van der Waals surface area contributed by atoms with Crippen molar-refractivity contribution in [1.29, 1.82) is 0 Å². The van der Waals surface area contributed by atoms with Gasteiger partial charge in [0.15, 0.2) is 11.6 Å². The summed E-state index contributed by atoms with van der Waals surface area (Å²) in [7, 11) is 0. The maximum absolute atomic E-state index is 5.30. The summed E-state index contributed by atoms with van der Waals surface area (Å²) < 4.78 is 5.30. The molecule has 0 bridgehead atoms. The molecule has 3 heterocycles. The molecule has 0 spiro atoms. The first kappa shape index (κ1) is 17.1. The van der Waals surface area contributed by atoms with Crippen LogP contribution in [0.4, 0.5) is 5.82 Å². The van der Waals surface area contributed by atoms with Crippen LogP contribution in [0.25, 0.3) is 22.3 Å². The Balaban J connectivity index is 1.58. The van der Waals surface area contributed by atoms with E-state index >= 15 is 0 Å². The molecule has 3 aromatic heterocycles. The zero-order valence-electron chi connectivity index (χ0n) is 15.3. The molecule has 1 N–H and O–H groups in total. The van der Waals surface area contributed by atoms with Crippen molar-refractivity contribution in [2.45, 2.75) is 26.2 Å². The number of para-hydroxylation sites is 1. The SMILES string of the molecule is CC(C)c1noc(CCNc2nc(-c3ccncc3)nc3ccccc23)n1. The molecule has 0 aliphatic carbocycles. The zero-order valence-corrected chi connectivity index (χ0v) is 15.3. The van der Waals surface area contributed by atoms with Crippen LogP contribution in [0, 0.1) is 0 Å². The van der Waals surface area contributed by atoms with Crippen molar-refractivity contribution in [2.24, 2.45) is 0 Å². The number of aromatic nitrogens is 5. The highest BCUT2D eigenvalue weighted by Crippen LogP contribution is 2.24. The van der Waals surface area contributed by atoms with Gasteiger partial charge < -0.3 is 9.84 Å². The van der Waals surface area contributed by atoms with Gasteiger partial charge in [-0.3, -0.25) is 4.98 Å². The van der Waals surface area contributed by atoms with Gasteiger partial charge in [0.25, 0.3) is 0 Å². The van der Waals surface area contributed by atoms with Gasteiger partial charge in [0.1, 0.15) is 5.82 Å². The molecule has 0 amide bonds. The van der Waals surface area contributed by atoms with E-state index < -0.39 is 0 Å². The fourth-order valence-corrected chi connectivity index (χ4v) is 2.73. The summed E-state index contributed by atoms with van der Waals surface area (Å²) in [5.41, 5.74) is 1.82. The minimum Gasteiger partial charge on any atom is -0.369 e. The Morgan fingerprint density at radius 2 is 1.81 bits per heavy atom. The highest BCUT2D eigenvalue weighted by Gasteiger charge is 2.11. The second kappa shape index (κ2) is 7.49. The van der Waals surface area contributed by atoms with Crippen LogP contribution in [-0.2, 0) is 6.42 Å². The maximum Gasteiger partial charge on any atom is 0.228 e. The zero-order chi connectivity index (χ0) is 18.6. The Bertz CT molecular complexity index is 1040. The van der Waals surface area contributed by atoms with E-state index in [0.717, 1.165) is 28.1 Å². The number of fused-ring (bicyclic) bond motifs is 1. The Morgan fingerprint density at radius 3 is 2.59 bits per heavy atom. The molecule has 0 saturated heterocycles. The van der Waals surface area contributed by atoms with Crippen molar-refractivity contribution < 1.29 is 4.52 Å². The monoisotopic (exact) mass is 360 g/mol. The van der Waals surface area contributed by atoms with E-state index in [1.165, 1.54) is 0 Å². The molecule has 136 valence electrons.